The van der Waals surface area contributed by atoms with E-state index in [4.69, 9.17) is 0 Å². The van der Waals surface area contributed by atoms with Gasteiger partial charge in [0, 0.05) is 56.1 Å². The number of carbonyl (C=O) groups is 1. The Hall–Kier alpha value is -2.73. The van der Waals surface area contributed by atoms with Crippen LogP contribution in [0.1, 0.15) is 15.9 Å². The lowest BCUT2D eigenvalue weighted by Crippen LogP contribution is -2.46. The topological polar surface area (TPSA) is 66.7 Å². The molecule has 0 amide bonds. The molecule has 0 atom stereocenters. The van der Waals surface area contributed by atoms with E-state index in [1.165, 1.54) is 17.7 Å². The Morgan fingerprint density at radius 1 is 1.04 bits per heavy atom. The van der Waals surface area contributed by atoms with Gasteiger partial charge in [-0.15, -0.1) is 0 Å². The van der Waals surface area contributed by atoms with Crippen LogP contribution in [0.25, 0.3) is 0 Å². The molecule has 6 heteroatoms. The summed E-state index contributed by atoms with van der Waals surface area (Å²) in [5, 5.41) is 10.8. The van der Waals surface area contributed by atoms with Gasteiger partial charge in [-0.3, -0.25) is 19.8 Å². The average Bonchev–Trinajstić information content (AvgIpc) is 2.62. The highest BCUT2D eigenvalue weighted by Crippen LogP contribution is 2.25. The zero-order valence-corrected chi connectivity index (χ0v) is 13.3. The number of carbonyl (C=O) groups excluding carboxylic acids is 1. The minimum atomic E-state index is -0.478. The first-order valence-corrected chi connectivity index (χ1v) is 7.92. The molecule has 2 aromatic rings. The van der Waals surface area contributed by atoms with Crippen molar-refractivity contribution in [2.75, 3.05) is 31.1 Å². The van der Waals surface area contributed by atoms with Gasteiger partial charge >= 0.3 is 0 Å². The van der Waals surface area contributed by atoms with Crippen molar-refractivity contribution in [1.29, 1.82) is 0 Å². The smallest absolute Gasteiger partial charge is 0.270 e. The lowest BCUT2D eigenvalue weighted by atomic mass is 10.1. The minimum Gasteiger partial charge on any atom is -0.368 e. The molecule has 1 fully saturated rings. The monoisotopic (exact) mass is 325 g/mol. The summed E-state index contributed by atoms with van der Waals surface area (Å²) >= 11 is 0. The summed E-state index contributed by atoms with van der Waals surface area (Å²) in [5.74, 6) is 0. The summed E-state index contributed by atoms with van der Waals surface area (Å²) in [6, 6.07) is 14.8. The van der Waals surface area contributed by atoms with Crippen LogP contribution in [0.15, 0.2) is 48.5 Å². The maximum atomic E-state index is 11.3. The SMILES string of the molecule is O=Cc1cc([N+](=O)[O-])ccc1N1CCN(Cc2ccccc2)CC1. The second-order valence-corrected chi connectivity index (χ2v) is 5.87. The third-order valence-corrected chi connectivity index (χ3v) is 4.31. The van der Waals surface area contributed by atoms with Crippen LogP contribution >= 0.6 is 0 Å². The Bertz CT molecular complexity index is 726. The fourth-order valence-electron chi connectivity index (χ4n) is 3.03. The number of nitro benzene ring substituents is 1. The first-order valence-electron chi connectivity index (χ1n) is 7.92. The molecule has 0 radical (unpaired) electrons. The normalized spacial score (nSPS) is 15.2. The van der Waals surface area contributed by atoms with Gasteiger partial charge in [-0.2, -0.15) is 0 Å². The summed E-state index contributed by atoms with van der Waals surface area (Å²) in [6.45, 7) is 4.29. The Morgan fingerprint density at radius 3 is 2.38 bits per heavy atom. The highest BCUT2D eigenvalue weighted by Gasteiger charge is 2.20. The van der Waals surface area contributed by atoms with E-state index in [0.717, 1.165) is 38.4 Å². The molecule has 1 saturated heterocycles. The zero-order valence-electron chi connectivity index (χ0n) is 13.3. The Kier molecular flexibility index (Phi) is 4.86. The largest absolute Gasteiger partial charge is 0.368 e. The van der Waals surface area contributed by atoms with Crippen molar-refractivity contribution >= 4 is 17.7 Å². The number of benzene rings is 2. The number of piperazine rings is 1. The quantitative estimate of drug-likeness (QED) is 0.480. The van der Waals surface area contributed by atoms with Crippen molar-refractivity contribution in [3.8, 4) is 0 Å². The molecular weight excluding hydrogens is 306 g/mol. The molecule has 0 aliphatic carbocycles. The maximum Gasteiger partial charge on any atom is 0.270 e. The molecule has 1 aliphatic rings. The number of nitrogens with zero attached hydrogens (tertiary/aromatic N) is 3. The lowest BCUT2D eigenvalue weighted by molar-refractivity contribution is -0.384. The van der Waals surface area contributed by atoms with E-state index in [-0.39, 0.29) is 5.69 Å². The number of non-ortho nitro benzene ring substituents is 1. The van der Waals surface area contributed by atoms with Gasteiger partial charge in [-0.25, -0.2) is 0 Å². The first-order chi connectivity index (χ1) is 11.7. The molecule has 0 saturated carbocycles. The fraction of sp³-hybridized carbons (Fsp3) is 0.278. The van der Waals surface area contributed by atoms with Crippen LogP contribution in [0.5, 0.6) is 0 Å². The van der Waals surface area contributed by atoms with Gasteiger partial charge in [0.05, 0.1) is 4.92 Å². The standard InChI is InChI=1S/C18H19N3O3/c22-14-16-12-17(21(23)24)6-7-18(16)20-10-8-19(9-11-20)13-15-4-2-1-3-5-15/h1-7,12,14H,8-11,13H2. The summed E-state index contributed by atoms with van der Waals surface area (Å²) in [6.07, 6.45) is 0.693. The number of nitro groups is 1. The number of hydrogen-bond acceptors (Lipinski definition) is 5. The summed E-state index contributed by atoms with van der Waals surface area (Å²) in [4.78, 5) is 26.1. The molecule has 0 N–H and O–H groups in total. The molecule has 2 aromatic carbocycles. The number of hydrogen-bond donors (Lipinski definition) is 0. The van der Waals surface area contributed by atoms with E-state index in [0.29, 0.717) is 11.8 Å². The zero-order chi connectivity index (χ0) is 16.9. The fourth-order valence-corrected chi connectivity index (χ4v) is 3.03. The second-order valence-electron chi connectivity index (χ2n) is 5.87. The van der Waals surface area contributed by atoms with E-state index >= 15 is 0 Å². The van der Waals surface area contributed by atoms with Crippen LogP contribution in [0, 0.1) is 10.1 Å². The van der Waals surface area contributed by atoms with Crippen LogP contribution in [0.3, 0.4) is 0 Å². The third-order valence-electron chi connectivity index (χ3n) is 4.31. The van der Waals surface area contributed by atoms with E-state index in [1.54, 1.807) is 6.07 Å². The summed E-state index contributed by atoms with van der Waals surface area (Å²) < 4.78 is 0. The molecule has 0 aromatic heterocycles. The molecule has 1 heterocycles. The number of aldehydes is 1. The van der Waals surface area contributed by atoms with Crippen LogP contribution < -0.4 is 4.90 Å². The summed E-state index contributed by atoms with van der Waals surface area (Å²) in [5.41, 5.74) is 2.38. The molecule has 6 nitrogen and oxygen atoms in total. The molecule has 0 bridgehead atoms. The molecule has 124 valence electrons. The van der Waals surface area contributed by atoms with E-state index in [9.17, 15) is 14.9 Å². The predicted octanol–water partition coefficient (Wildman–Crippen LogP) is 2.73. The highest BCUT2D eigenvalue weighted by molar-refractivity contribution is 5.86. The van der Waals surface area contributed by atoms with Crippen LogP contribution in [-0.2, 0) is 6.54 Å². The molecule has 1 aliphatic heterocycles. The van der Waals surface area contributed by atoms with Gasteiger partial charge in [0.1, 0.15) is 0 Å². The lowest BCUT2D eigenvalue weighted by Gasteiger charge is -2.36. The molecule has 0 unspecified atom stereocenters. The van der Waals surface area contributed by atoms with Gasteiger partial charge in [-0.05, 0) is 11.6 Å². The molecular formula is C18H19N3O3. The highest BCUT2D eigenvalue weighted by atomic mass is 16.6. The van der Waals surface area contributed by atoms with Crippen molar-refractivity contribution in [1.82, 2.24) is 4.90 Å². The van der Waals surface area contributed by atoms with Gasteiger partial charge in [0.15, 0.2) is 6.29 Å². The van der Waals surface area contributed by atoms with Crippen LogP contribution in [0.2, 0.25) is 0 Å². The van der Waals surface area contributed by atoms with Crippen molar-refractivity contribution in [3.63, 3.8) is 0 Å². The maximum absolute atomic E-state index is 11.3. The Labute approximate surface area is 140 Å². The number of rotatable bonds is 5. The average molecular weight is 325 g/mol. The summed E-state index contributed by atoms with van der Waals surface area (Å²) in [7, 11) is 0. The molecule has 0 spiro atoms. The van der Waals surface area contributed by atoms with E-state index in [2.05, 4.69) is 21.9 Å². The van der Waals surface area contributed by atoms with Crippen LogP contribution in [-0.4, -0.2) is 42.3 Å². The van der Waals surface area contributed by atoms with Gasteiger partial charge in [0.2, 0.25) is 0 Å². The predicted molar refractivity (Wildman–Crippen MR) is 92.4 cm³/mol. The van der Waals surface area contributed by atoms with Crippen LogP contribution in [0.4, 0.5) is 11.4 Å². The van der Waals surface area contributed by atoms with Gasteiger partial charge < -0.3 is 4.90 Å². The van der Waals surface area contributed by atoms with E-state index in [1.807, 2.05) is 18.2 Å². The number of anilines is 1. The van der Waals surface area contributed by atoms with Crippen molar-refractivity contribution < 1.29 is 9.72 Å². The Balaban J connectivity index is 1.66. The minimum absolute atomic E-state index is 0.0523. The molecule has 3 rings (SSSR count). The van der Waals surface area contributed by atoms with Gasteiger partial charge in [-0.1, -0.05) is 30.3 Å². The second kappa shape index (κ2) is 7.23. The van der Waals surface area contributed by atoms with Crippen molar-refractivity contribution in [3.05, 3.63) is 69.8 Å². The molecule has 24 heavy (non-hydrogen) atoms. The van der Waals surface area contributed by atoms with Crippen molar-refractivity contribution in [2.24, 2.45) is 0 Å². The third kappa shape index (κ3) is 3.60. The van der Waals surface area contributed by atoms with Crippen molar-refractivity contribution in [2.45, 2.75) is 6.54 Å². The van der Waals surface area contributed by atoms with Gasteiger partial charge in [0.25, 0.3) is 5.69 Å². The Morgan fingerprint density at radius 2 is 1.75 bits per heavy atom. The first kappa shape index (κ1) is 16.1. The van der Waals surface area contributed by atoms with E-state index < -0.39 is 4.92 Å².